The maximum atomic E-state index is 13.9. The van der Waals surface area contributed by atoms with Crippen LogP contribution in [0.5, 0.6) is 46.0 Å². The van der Waals surface area contributed by atoms with Crippen molar-refractivity contribution in [3.8, 4) is 46.0 Å². The van der Waals surface area contributed by atoms with Gasteiger partial charge in [0.1, 0.15) is 100 Å². The van der Waals surface area contributed by atoms with Crippen LogP contribution in [0.4, 0.5) is 25.2 Å². The molecule has 20 bridgehead atoms. The Morgan fingerprint density at radius 1 is 0.314 bits per heavy atom. The molecule has 17 aliphatic rings. The minimum absolute atomic E-state index is 0.125. The van der Waals surface area contributed by atoms with Gasteiger partial charge in [-0.2, -0.15) is 0 Å². The van der Waals surface area contributed by atoms with Crippen LogP contribution in [0.15, 0.2) is 207 Å². The van der Waals surface area contributed by atoms with Crippen molar-refractivity contribution in [3.05, 3.63) is 262 Å². The maximum absolute atomic E-state index is 13.9. The first-order chi connectivity index (χ1) is 57.1. The summed E-state index contributed by atoms with van der Waals surface area (Å²) in [7, 11) is -10.7. The van der Waals surface area contributed by atoms with E-state index in [0.29, 0.717) is 175 Å². The standard InChI is InChI=1S/C54H47N9O8.C32H36O8.F6P/c64-51-45-19-21-47-50-48-22-20-46(49(45)50)52(65)62(51)25-1-23-60-29-39(56-58-60)33-70-43-15-7-37(8-16-43)31-68-41-11-3-35(4-12-41)27-55-28-36-5-13-42(14-6-36)69-32-38-9-17-44(18-10-38)71-34-40-30-61(59-57-40)24-2-26-63(53(47)66)54(48)67;1-2-6-26-22-30-29(21-25(26)5-1)37-17-13-33-9-10-35-15-19-39-31-23-27-7-3-4-8-28(27)24-32(31)40-20-16-36-12-11-34-14-18-38-30;1-7(2,3,4,5)6/h3-22,29-30,55H,1-2,23-28,31-34H2;1-8,21-24H,9-20H2;/q;;-1/p+1. The van der Waals surface area contributed by atoms with Crippen LogP contribution >= 0.6 is 7.81 Å². The molecule has 0 aliphatic carbocycles. The monoisotopic (exact) mass is 1640 g/mol. The number of rotatable bonds is 0. The Balaban J connectivity index is 0.000000204. The summed E-state index contributed by atoms with van der Waals surface area (Å²) in [5, 5.41) is 24.2. The van der Waals surface area contributed by atoms with Crippen LogP contribution in [0, 0.1) is 0 Å². The number of imide groups is 2. The molecular weight excluding hydrogens is 1560 g/mol. The van der Waals surface area contributed by atoms with Gasteiger partial charge in [0, 0.05) is 70.3 Å². The Hall–Kier alpha value is -12.3. The van der Waals surface area contributed by atoms with E-state index < -0.39 is 31.4 Å². The predicted molar refractivity (Wildman–Crippen MR) is 423 cm³/mol. The molecule has 17 aliphatic heterocycles. The van der Waals surface area contributed by atoms with Crippen LogP contribution in [-0.2, 0) is 71.6 Å². The number of nitrogens with two attached hydrogens (primary N) is 1. The van der Waals surface area contributed by atoms with Crippen molar-refractivity contribution in [1.29, 1.82) is 0 Å². The number of aromatic nitrogens is 6. The molecule has 2 N–H and O–H groups in total. The molecule has 0 saturated heterocycles. The zero-order chi connectivity index (χ0) is 81.9. The van der Waals surface area contributed by atoms with Gasteiger partial charge in [-0.25, -0.2) is 0 Å². The van der Waals surface area contributed by atoms with E-state index in [0.717, 1.165) is 57.3 Å². The van der Waals surface area contributed by atoms with Crippen LogP contribution < -0.4 is 43.2 Å². The van der Waals surface area contributed by atoms with Gasteiger partial charge in [-0.05, 0) is 167 Å². The van der Waals surface area contributed by atoms with E-state index in [1.54, 1.807) is 46.0 Å². The minimum atomic E-state index is -10.7. The number of fused-ring (bicyclic) bond motifs is 4. The number of aryl methyl sites for hydroxylation is 2. The van der Waals surface area contributed by atoms with Gasteiger partial charge in [-0.1, -0.05) is 83.2 Å². The molecule has 25 nitrogen and oxygen atoms in total. The second kappa shape index (κ2) is 37.3. The van der Waals surface area contributed by atoms with Crippen molar-refractivity contribution in [1.82, 2.24) is 39.8 Å². The summed E-state index contributed by atoms with van der Waals surface area (Å²) in [6.45, 7) is 9.13. The summed E-state index contributed by atoms with van der Waals surface area (Å²) in [5.74, 6) is 3.71. The van der Waals surface area contributed by atoms with Gasteiger partial charge < -0.3 is 62.2 Å². The second-order valence-electron chi connectivity index (χ2n) is 27.8. The van der Waals surface area contributed by atoms with Gasteiger partial charge in [-0.3, -0.25) is 38.3 Å². The average molecular weight is 1640 g/mol. The number of benzene rings is 10. The third-order valence-electron chi connectivity index (χ3n) is 19.1. The SMILES string of the molecule is F[P-](F)(F)(F)(F)F.O=C1c2ccc3c4c5ccc(c24)C(=O)N1CCCn1cc(nn1)COc1ccc(cc1)COc1ccc(cc1)C[NH2+]Cc1ccc(cc1)OCc1ccc(cc1)OCc1cn(nn1)CCCN(C3=O)C5=O.c1ccc2cc3c(cc2c1)OCCOCCOCCOc1cc2ccccc2cc1OCCOCCOCCO3. The maximum Gasteiger partial charge on any atom is 0.261 e. The number of carbonyl (C=O) groups excluding carboxylic acids is 4. The van der Waals surface area contributed by atoms with Gasteiger partial charge in [0.2, 0.25) is 0 Å². The molecule has 0 saturated carbocycles. The largest absolute Gasteiger partial charge is 0.489 e. The quantitative estimate of drug-likeness (QED) is 0.0840. The van der Waals surface area contributed by atoms with Crippen molar-refractivity contribution in [2.75, 3.05) is 92.4 Å². The van der Waals surface area contributed by atoms with Gasteiger partial charge >= 0.3 is 33.0 Å². The molecule has 0 radical (unpaired) electrons. The van der Waals surface area contributed by atoms with Crippen LogP contribution in [0.25, 0.3) is 32.3 Å². The smallest absolute Gasteiger partial charge is 0.261 e. The Morgan fingerprint density at radius 2 is 0.585 bits per heavy atom. The Morgan fingerprint density at radius 3 is 0.881 bits per heavy atom. The zero-order valence-corrected chi connectivity index (χ0v) is 64.9. The summed E-state index contributed by atoms with van der Waals surface area (Å²) < 4.78 is 133. The molecule has 29 rings (SSSR count). The third-order valence-corrected chi connectivity index (χ3v) is 19.1. The number of halogens is 6. The van der Waals surface area contributed by atoms with E-state index in [2.05, 4.69) is 74.5 Å². The second-order valence-corrected chi connectivity index (χ2v) is 29.7. The normalized spacial score (nSPS) is 16.8. The van der Waals surface area contributed by atoms with E-state index >= 15 is 0 Å². The number of ether oxygens (including phenoxy) is 12. The molecule has 32 heteroatoms. The molecule has 12 aromatic rings. The van der Waals surface area contributed by atoms with Crippen molar-refractivity contribution in [3.63, 3.8) is 0 Å². The van der Waals surface area contributed by atoms with E-state index in [1.165, 1.54) is 20.9 Å². The average Bonchev–Trinajstić information content (AvgIpc) is 0.825. The topological polar surface area (TPSA) is 264 Å². The fourth-order valence-electron chi connectivity index (χ4n) is 13.4. The van der Waals surface area contributed by atoms with E-state index in [9.17, 15) is 44.4 Å². The molecule has 4 amide bonds. The zero-order valence-electron chi connectivity index (χ0n) is 64.0. The van der Waals surface area contributed by atoms with E-state index in [1.807, 2.05) is 121 Å². The van der Waals surface area contributed by atoms with E-state index in [-0.39, 0.29) is 48.6 Å². The molecule has 0 unspecified atom stereocenters. The number of hydrogen-bond donors (Lipinski definition) is 1. The van der Waals surface area contributed by atoms with Crippen LogP contribution in [0.2, 0.25) is 0 Å². The van der Waals surface area contributed by atoms with Gasteiger partial charge in [-0.15, -0.1) is 10.2 Å². The van der Waals surface area contributed by atoms with Crippen LogP contribution in [0.1, 0.15) is 87.9 Å². The summed E-state index contributed by atoms with van der Waals surface area (Å²) >= 11 is 0. The Kier molecular flexibility index (Phi) is 26.0. The van der Waals surface area contributed by atoms with Gasteiger partial charge in [0.25, 0.3) is 23.6 Å². The third kappa shape index (κ3) is 23.1. The molecule has 0 atom stereocenters. The van der Waals surface area contributed by atoms with Crippen molar-refractivity contribution >= 4 is 63.8 Å². The molecule has 0 spiro atoms. The number of nitrogens with zero attached hydrogens (tertiary/aromatic N) is 8. The number of amides is 4. The first kappa shape index (κ1) is 82.3. The Labute approximate surface area is 673 Å². The molecule has 616 valence electrons. The number of quaternary nitrogens is 1. The summed E-state index contributed by atoms with van der Waals surface area (Å²) in [4.78, 5) is 58.0. The first-order valence-electron chi connectivity index (χ1n) is 38.3. The van der Waals surface area contributed by atoms with Gasteiger partial charge in [0.15, 0.2) is 23.0 Å². The van der Waals surface area contributed by atoms with Crippen molar-refractivity contribution in [2.45, 2.75) is 65.4 Å². The summed E-state index contributed by atoms with van der Waals surface area (Å²) in [6, 6.07) is 62.3. The predicted octanol–water partition coefficient (Wildman–Crippen LogP) is 15.0. The Bertz CT molecular complexity index is 5000. The molecule has 0 fully saturated rings. The van der Waals surface area contributed by atoms with Gasteiger partial charge in [0.05, 0.1) is 65.2 Å². The van der Waals surface area contributed by atoms with Crippen molar-refractivity contribution in [2.24, 2.45) is 0 Å². The molecule has 2 aromatic heterocycles. The summed E-state index contributed by atoms with van der Waals surface area (Å²) in [6.07, 6.45) is 4.38. The minimum Gasteiger partial charge on any atom is -0.489 e. The first-order valence-corrected chi connectivity index (χ1v) is 40.4. The molecule has 118 heavy (non-hydrogen) atoms. The fourth-order valence-corrected chi connectivity index (χ4v) is 13.4. The fraction of sp³-hybridized carbons (Fsp3) is 0.279. The van der Waals surface area contributed by atoms with Crippen LogP contribution in [-0.4, -0.2) is 156 Å². The summed E-state index contributed by atoms with van der Waals surface area (Å²) in [5.41, 5.74) is 6.71. The molecular formula is C86H84F6N9O16P. The van der Waals surface area contributed by atoms with Crippen molar-refractivity contribution < 1.29 is 107 Å². The van der Waals surface area contributed by atoms with E-state index in [4.69, 9.17) is 56.8 Å². The van der Waals surface area contributed by atoms with Crippen LogP contribution in [0.3, 0.4) is 0 Å². The number of carbonyl (C=O) groups is 4. The molecule has 10 aromatic carbocycles. The molecule has 19 heterocycles. The number of hydrogen-bond acceptors (Lipinski definition) is 20.